The van der Waals surface area contributed by atoms with Gasteiger partial charge in [0, 0.05) is 24.0 Å². The average molecular weight is 429 g/mol. The Balaban J connectivity index is 2.00. The minimum absolute atomic E-state index is 0.0208. The van der Waals surface area contributed by atoms with Gasteiger partial charge in [0.25, 0.3) is 5.91 Å². The van der Waals surface area contributed by atoms with Crippen molar-refractivity contribution in [2.45, 2.75) is 44.7 Å². The number of nitrogens with one attached hydrogen (secondary N) is 1. The van der Waals surface area contributed by atoms with Crippen LogP contribution in [0.2, 0.25) is 0 Å². The Labute approximate surface area is 169 Å². The lowest BCUT2D eigenvalue weighted by Crippen LogP contribution is -2.54. The van der Waals surface area contributed by atoms with Crippen LogP contribution in [0.25, 0.3) is 0 Å². The second-order valence-electron chi connectivity index (χ2n) is 6.94. The van der Waals surface area contributed by atoms with Gasteiger partial charge in [-0.3, -0.25) is 9.59 Å². The van der Waals surface area contributed by atoms with Crippen LogP contribution in [-0.2, 0) is 21.7 Å². The summed E-state index contributed by atoms with van der Waals surface area (Å²) in [5.41, 5.74) is 0.929. The molecule has 2 amide bonds. The monoisotopic (exact) mass is 428 g/mol. The van der Waals surface area contributed by atoms with E-state index >= 15 is 0 Å². The Morgan fingerprint density at radius 2 is 1.85 bits per heavy atom. The lowest BCUT2D eigenvalue weighted by molar-refractivity contribution is -0.143. The van der Waals surface area contributed by atoms with Crippen molar-refractivity contribution in [1.29, 1.82) is 0 Å². The van der Waals surface area contributed by atoms with Crippen LogP contribution < -0.4 is 5.32 Å². The van der Waals surface area contributed by atoms with Gasteiger partial charge in [0.1, 0.15) is 5.54 Å². The zero-order valence-corrected chi connectivity index (χ0v) is 17.2. The van der Waals surface area contributed by atoms with Gasteiger partial charge in [-0.25, -0.2) is 0 Å². The molecule has 0 aromatic heterocycles. The number of benzene rings is 2. The lowest BCUT2D eigenvalue weighted by Gasteiger charge is -2.38. The van der Waals surface area contributed by atoms with Crippen LogP contribution in [-0.4, -0.2) is 23.3 Å². The van der Waals surface area contributed by atoms with Crippen LogP contribution in [0.5, 0.6) is 0 Å². The van der Waals surface area contributed by atoms with Crippen molar-refractivity contribution in [2.24, 2.45) is 0 Å². The van der Waals surface area contributed by atoms with Crippen LogP contribution in [0.1, 0.15) is 43.7 Å². The molecule has 142 valence electrons. The molecule has 5 heteroatoms. The predicted octanol–water partition coefficient (Wildman–Crippen LogP) is 4.38. The van der Waals surface area contributed by atoms with Gasteiger partial charge in [-0.15, -0.1) is 0 Å². The van der Waals surface area contributed by atoms with Crippen molar-refractivity contribution >= 4 is 27.7 Å². The summed E-state index contributed by atoms with van der Waals surface area (Å²) in [5.74, 6) is -0.0625. The molecule has 1 N–H and O–H groups in total. The predicted molar refractivity (Wildman–Crippen MR) is 110 cm³/mol. The van der Waals surface area contributed by atoms with E-state index in [0.29, 0.717) is 25.9 Å². The first-order valence-corrected chi connectivity index (χ1v) is 10.3. The summed E-state index contributed by atoms with van der Waals surface area (Å²) >= 11 is 3.46. The maximum Gasteiger partial charge on any atom is 0.250 e. The first kappa shape index (κ1) is 19.6. The molecule has 0 bridgehead atoms. The standard InChI is InChI=1S/C22H25BrN2O2/c1-2-3-15-24-21(27)22(18-9-11-19(23)12-10-18)14-13-20(26)25(22)16-17-7-5-4-6-8-17/h4-12H,2-3,13-16H2,1H3,(H,24,27). The Morgan fingerprint density at radius 1 is 1.15 bits per heavy atom. The largest absolute Gasteiger partial charge is 0.354 e. The Bertz CT molecular complexity index is 792. The second kappa shape index (κ2) is 8.70. The van der Waals surface area contributed by atoms with Gasteiger partial charge >= 0.3 is 0 Å². The summed E-state index contributed by atoms with van der Waals surface area (Å²) in [7, 11) is 0. The molecule has 0 aliphatic carbocycles. The molecule has 1 heterocycles. The van der Waals surface area contributed by atoms with Gasteiger partial charge in [-0.2, -0.15) is 0 Å². The van der Waals surface area contributed by atoms with E-state index in [1.54, 1.807) is 4.90 Å². The number of amides is 2. The summed E-state index contributed by atoms with van der Waals surface area (Å²) in [6.45, 7) is 3.15. The molecule has 1 aliphatic heterocycles. The van der Waals surface area contributed by atoms with E-state index < -0.39 is 5.54 Å². The van der Waals surface area contributed by atoms with Crippen molar-refractivity contribution in [1.82, 2.24) is 10.2 Å². The van der Waals surface area contributed by atoms with E-state index in [4.69, 9.17) is 0 Å². The fourth-order valence-electron chi connectivity index (χ4n) is 3.68. The van der Waals surface area contributed by atoms with Gasteiger partial charge < -0.3 is 10.2 Å². The number of carbonyl (C=O) groups excluding carboxylic acids is 2. The zero-order chi connectivity index (χ0) is 19.3. The van der Waals surface area contributed by atoms with Crippen molar-refractivity contribution in [3.05, 3.63) is 70.2 Å². The van der Waals surface area contributed by atoms with Crippen molar-refractivity contribution in [3.63, 3.8) is 0 Å². The smallest absolute Gasteiger partial charge is 0.250 e. The second-order valence-corrected chi connectivity index (χ2v) is 7.86. The fourth-order valence-corrected chi connectivity index (χ4v) is 3.94. The fraction of sp³-hybridized carbons (Fsp3) is 0.364. The molecule has 1 fully saturated rings. The van der Waals surface area contributed by atoms with Gasteiger partial charge in [-0.05, 0) is 36.1 Å². The van der Waals surface area contributed by atoms with Crippen molar-refractivity contribution in [3.8, 4) is 0 Å². The summed E-state index contributed by atoms with van der Waals surface area (Å²) in [6, 6.07) is 17.6. The molecule has 1 saturated heterocycles. The molecule has 3 rings (SSSR count). The van der Waals surface area contributed by atoms with Crippen LogP contribution in [0, 0.1) is 0 Å². The first-order valence-electron chi connectivity index (χ1n) is 9.46. The van der Waals surface area contributed by atoms with Gasteiger partial charge in [0.2, 0.25) is 5.91 Å². The highest BCUT2D eigenvalue weighted by atomic mass is 79.9. The summed E-state index contributed by atoms with van der Waals surface area (Å²) < 4.78 is 0.951. The van der Waals surface area contributed by atoms with E-state index in [1.807, 2.05) is 54.6 Å². The maximum atomic E-state index is 13.4. The number of hydrogen-bond donors (Lipinski definition) is 1. The number of halogens is 1. The molecule has 0 radical (unpaired) electrons. The van der Waals surface area contributed by atoms with Crippen LogP contribution in [0.3, 0.4) is 0 Å². The van der Waals surface area contributed by atoms with Crippen LogP contribution in [0.4, 0.5) is 0 Å². The molecule has 1 aliphatic rings. The molecule has 1 unspecified atom stereocenters. The van der Waals surface area contributed by atoms with E-state index in [9.17, 15) is 9.59 Å². The van der Waals surface area contributed by atoms with Gasteiger partial charge in [-0.1, -0.05) is 71.7 Å². The Hall–Kier alpha value is -2.14. The molecule has 0 spiro atoms. The zero-order valence-electron chi connectivity index (χ0n) is 15.6. The van der Waals surface area contributed by atoms with Gasteiger partial charge in [0.15, 0.2) is 0 Å². The van der Waals surface area contributed by atoms with E-state index in [0.717, 1.165) is 28.4 Å². The van der Waals surface area contributed by atoms with Crippen LogP contribution in [0.15, 0.2) is 59.1 Å². The summed E-state index contributed by atoms with van der Waals surface area (Å²) in [4.78, 5) is 27.9. The maximum absolute atomic E-state index is 13.4. The number of unbranched alkanes of at least 4 members (excludes halogenated alkanes) is 1. The van der Waals surface area contributed by atoms with Crippen LogP contribution >= 0.6 is 15.9 Å². The molecule has 0 saturated carbocycles. The molecular formula is C22H25BrN2O2. The third-order valence-corrected chi connectivity index (χ3v) is 5.69. The molecule has 2 aromatic rings. The summed E-state index contributed by atoms with van der Waals surface area (Å²) in [5, 5.41) is 3.07. The molecule has 4 nitrogen and oxygen atoms in total. The Morgan fingerprint density at radius 3 is 2.52 bits per heavy atom. The SMILES string of the molecule is CCCCNC(=O)C1(c2ccc(Br)cc2)CCC(=O)N1Cc1ccccc1. The first-order chi connectivity index (χ1) is 13.1. The summed E-state index contributed by atoms with van der Waals surface area (Å²) in [6.07, 6.45) is 2.81. The third-order valence-electron chi connectivity index (χ3n) is 5.16. The lowest BCUT2D eigenvalue weighted by atomic mass is 9.85. The highest BCUT2D eigenvalue weighted by molar-refractivity contribution is 9.10. The highest BCUT2D eigenvalue weighted by Gasteiger charge is 2.52. The third kappa shape index (κ3) is 4.08. The minimum atomic E-state index is -0.957. The average Bonchev–Trinajstić information content (AvgIpc) is 3.01. The normalized spacial score (nSPS) is 19.3. The van der Waals surface area contributed by atoms with Gasteiger partial charge in [0.05, 0.1) is 0 Å². The molecular weight excluding hydrogens is 404 g/mol. The highest BCUT2D eigenvalue weighted by Crippen LogP contribution is 2.41. The number of carbonyl (C=O) groups is 2. The number of likely N-dealkylation sites (tertiary alicyclic amines) is 1. The molecule has 1 atom stereocenters. The molecule has 27 heavy (non-hydrogen) atoms. The quantitative estimate of drug-likeness (QED) is 0.664. The van der Waals surface area contributed by atoms with E-state index in [-0.39, 0.29) is 11.8 Å². The van der Waals surface area contributed by atoms with Crippen molar-refractivity contribution < 1.29 is 9.59 Å². The van der Waals surface area contributed by atoms with Crippen molar-refractivity contribution in [2.75, 3.05) is 6.54 Å². The number of nitrogens with zero attached hydrogens (tertiary/aromatic N) is 1. The van der Waals surface area contributed by atoms with E-state index in [1.165, 1.54) is 0 Å². The topological polar surface area (TPSA) is 49.4 Å². The minimum Gasteiger partial charge on any atom is -0.354 e. The number of hydrogen-bond acceptors (Lipinski definition) is 2. The van der Waals surface area contributed by atoms with E-state index in [2.05, 4.69) is 28.2 Å². The molecule has 2 aromatic carbocycles. The number of rotatable bonds is 7. The Kier molecular flexibility index (Phi) is 6.32.